The Morgan fingerprint density at radius 1 is 0.456 bits per heavy atom. The van der Waals surface area contributed by atoms with Crippen LogP contribution in [0.25, 0.3) is 79.0 Å². The molecule has 0 amide bonds. The lowest BCUT2D eigenvalue weighted by atomic mass is 9.97. The summed E-state index contributed by atoms with van der Waals surface area (Å²) < 4.78 is 7.55. The van der Waals surface area contributed by atoms with Gasteiger partial charge in [0.25, 0.3) is 0 Å². The van der Waals surface area contributed by atoms with E-state index in [-0.39, 0.29) is 6.17 Å². The van der Waals surface area contributed by atoms with Crippen molar-refractivity contribution >= 4 is 96.5 Å². The molecule has 1 aliphatic rings. The SMILES string of the molecule is c1ccc(C2=NC(c3cccc4c3sc3c(-c5cccc6sc7c(-n8c9ccccc9c9ccccc98)cccc7c56)cccc34)NC(c3ccccc3)=N2)cc1. The van der Waals surface area contributed by atoms with Gasteiger partial charge in [-0.25, -0.2) is 9.98 Å². The second-order valence-electron chi connectivity index (χ2n) is 14.5. The van der Waals surface area contributed by atoms with Crippen molar-refractivity contribution in [2.24, 2.45) is 9.98 Å². The Balaban J connectivity index is 1.04. The standard InChI is InChI=1S/C51H32N4S2/c1-3-15-31(16-4-1)49-52-50(32-17-5-2-6-18-32)54-51(53-49)40-26-12-24-38-37-23-11-22-36(46(37)57-47(38)40)35-21-14-30-44-45(35)39-25-13-29-43(48(39)56-44)55-41-27-9-7-19-33(41)34-20-8-10-28-42(34)55/h1-30,51H,(H,52,53,54). The monoisotopic (exact) mass is 764 g/mol. The summed E-state index contributed by atoms with van der Waals surface area (Å²) in [6, 6.07) is 65.3. The number of hydrogen-bond acceptors (Lipinski definition) is 5. The van der Waals surface area contributed by atoms with Crippen molar-refractivity contribution in [2.45, 2.75) is 6.17 Å². The molecule has 0 saturated carbocycles. The molecule has 1 atom stereocenters. The van der Waals surface area contributed by atoms with Crippen LogP contribution in [0.5, 0.6) is 0 Å². The first-order chi connectivity index (χ1) is 28.3. The van der Waals surface area contributed by atoms with Gasteiger partial charge >= 0.3 is 0 Å². The largest absolute Gasteiger partial charge is 0.344 e. The third-order valence-corrected chi connectivity index (χ3v) is 13.8. The Labute approximate surface area is 336 Å². The average Bonchev–Trinajstić information content (AvgIpc) is 3.97. The van der Waals surface area contributed by atoms with Crippen molar-refractivity contribution in [3.8, 4) is 16.8 Å². The van der Waals surface area contributed by atoms with E-state index in [1.54, 1.807) is 0 Å². The van der Waals surface area contributed by atoms with Crippen LogP contribution in [-0.2, 0) is 0 Å². The van der Waals surface area contributed by atoms with Crippen molar-refractivity contribution < 1.29 is 0 Å². The summed E-state index contributed by atoms with van der Waals surface area (Å²) in [6.45, 7) is 0. The fraction of sp³-hybridized carbons (Fsp3) is 0.0196. The van der Waals surface area contributed by atoms with Gasteiger partial charge in [-0.15, -0.1) is 22.7 Å². The summed E-state index contributed by atoms with van der Waals surface area (Å²) in [5.74, 6) is 1.55. The Hall–Kier alpha value is -6.86. The van der Waals surface area contributed by atoms with Gasteiger partial charge in [0, 0.05) is 68.7 Å². The number of fused-ring (bicyclic) bond motifs is 9. The Morgan fingerprint density at radius 2 is 1.05 bits per heavy atom. The number of aliphatic imine (C=N–C) groups is 2. The predicted molar refractivity (Wildman–Crippen MR) is 244 cm³/mol. The number of nitrogens with one attached hydrogen (secondary N) is 1. The number of thiophene rings is 2. The number of rotatable bonds is 5. The first-order valence-corrected chi connectivity index (χ1v) is 20.8. The third kappa shape index (κ3) is 5.04. The van der Waals surface area contributed by atoms with Gasteiger partial charge in [-0.1, -0.05) is 158 Å². The van der Waals surface area contributed by atoms with E-state index in [2.05, 4.69) is 168 Å². The summed E-state index contributed by atoms with van der Waals surface area (Å²) >= 11 is 3.76. The number of aromatic nitrogens is 1. The lowest BCUT2D eigenvalue weighted by molar-refractivity contribution is 0.680. The van der Waals surface area contributed by atoms with Gasteiger partial charge in [0.05, 0.1) is 21.4 Å². The fourth-order valence-corrected chi connectivity index (χ4v) is 11.4. The van der Waals surface area contributed by atoms with Gasteiger partial charge < -0.3 is 9.88 Å². The minimum absolute atomic E-state index is 0.309. The molecule has 4 heterocycles. The molecule has 1 aliphatic heterocycles. The maximum atomic E-state index is 5.26. The quantitative estimate of drug-likeness (QED) is 0.186. The average molecular weight is 765 g/mol. The van der Waals surface area contributed by atoms with E-state index in [1.165, 1.54) is 79.0 Å². The van der Waals surface area contributed by atoms with E-state index >= 15 is 0 Å². The molecule has 3 aromatic heterocycles. The molecule has 0 bridgehead atoms. The topological polar surface area (TPSA) is 41.7 Å². The molecule has 4 nitrogen and oxygen atoms in total. The molecule has 1 unspecified atom stereocenters. The number of para-hydroxylation sites is 2. The first kappa shape index (κ1) is 32.4. The number of hydrogen-bond donors (Lipinski definition) is 1. The smallest absolute Gasteiger partial charge is 0.159 e. The lowest BCUT2D eigenvalue weighted by Gasteiger charge is -2.24. The summed E-state index contributed by atoms with van der Waals surface area (Å²) in [5, 5.41) is 11.4. The van der Waals surface area contributed by atoms with E-state index in [1.807, 2.05) is 46.9 Å². The van der Waals surface area contributed by atoms with Crippen molar-refractivity contribution in [1.29, 1.82) is 0 Å². The molecule has 1 N–H and O–H groups in total. The zero-order valence-electron chi connectivity index (χ0n) is 30.6. The zero-order valence-corrected chi connectivity index (χ0v) is 32.2. The first-order valence-electron chi connectivity index (χ1n) is 19.2. The lowest BCUT2D eigenvalue weighted by Crippen LogP contribution is -2.33. The summed E-state index contributed by atoms with van der Waals surface area (Å²) in [7, 11) is 0. The maximum absolute atomic E-state index is 5.26. The fourth-order valence-electron chi connectivity index (χ4n) is 8.75. The second kappa shape index (κ2) is 12.8. The van der Waals surface area contributed by atoms with E-state index in [0.717, 1.165) is 28.4 Å². The second-order valence-corrected chi connectivity index (χ2v) is 16.6. The summed E-state index contributed by atoms with van der Waals surface area (Å²) in [4.78, 5) is 10.3. The number of benzene rings is 8. The third-order valence-electron chi connectivity index (χ3n) is 11.3. The van der Waals surface area contributed by atoms with Crippen molar-refractivity contribution in [1.82, 2.24) is 9.88 Å². The van der Waals surface area contributed by atoms with Gasteiger partial charge in [0.15, 0.2) is 5.84 Å². The van der Waals surface area contributed by atoms with Crippen LogP contribution >= 0.6 is 22.7 Å². The van der Waals surface area contributed by atoms with Crippen LogP contribution in [0.1, 0.15) is 22.9 Å². The number of amidine groups is 2. The van der Waals surface area contributed by atoms with Gasteiger partial charge in [-0.2, -0.15) is 0 Å². The normalized spacial score (nSPS) is 14.5. The summed E-state index contributed by atoms with van der Waals surface area (Å²) in [6.07, 6.45) is -0.309. The van der Waals surface area contributed by atoms with Crippen molar-refractivity contribution in [2.75, 3.05) is 0 Å². The van der Waals surface area contributed by atoms with E-state index in [9.17, 15) is 0 Å². The van der Waals surface area contributed by atoms with Crippen LogP contribution in [0.4, 0.5) is 0 Å². The molecule has 0 radical (unpaired) electrons. The predicted octanol–water partition coefficient (Wildman–Crippen LogP) is 13.7. The van der Waals surface area contributed by atoms with Crippen LogP contribution in [0.2, 0.25) is 0 Å². The molecule has 0 fully saturated rings. The molecule has 0 saturated heterocycles. The molecule has 12 rings (SSSR count). The van der Waals surface area contributed by atoms with Crippen LogP contribution in [-0.4, -0.2) is 16.2 Å². The summed E-state index contributed by atoms with van der Waals surface area (Å²) in [5.41, 5.74) is 9.37. The Bertz CT molecular complexity index is 3390. The minimum atomic E-state index is -0.309. The molecule has 0 spiro atoms. The van der Waals surface area contributed by atoms with Gasteiger partial charge in [0.2, 0.25) is 0 Å². The molecule has 268 valence electrons. The molecule has 11 aromatic rings. The van der Waals surface area contributed by atoms with E-state index < -0.39 is 0 Å². The molecular formula is C51H32N4S2. The van der Waals surface area contributed by atoms with Gasteiger partial charge in [0.1, 0.15) is 12.0 Å². The maximum Gasteiger partial charge on any atom is 0.159 e. The van der Waals surface area contributed by atoms with E-state index in [4.69, 9.17) is 9.98 Å². The van der Waals surface area contributed by atoms with Gasteiger partial charge in [-0.05, 0) is 29.8 Å². The molecule has 6 heteroatoms. The van der Waals surface area contributed by atoms with Crippen LogP contribution < -0.4 is 5.32 Å². The van der Waals surface area contributed by atoms with Crippen LogP contribution in [0, 0.1) is 0 Å². The minimum Gasteiger partial charge on any atom is -0.344 e. The highest BCUT2D eigenvalue weighted by Gasteiger charge is 2.25. The van der Waals surface area contributed by atoms with Crippen LogP contribution in [0.15, 0.2) is 192 Å². The zero-order chi connectivity index (χ0) is 37.5. The van der Waals surface area contributed by atoms with Crippen molar-refractivity contribution in [3.05, 3.63) is 199 Å². The molecule has 0 aliphatic carbocycles. The Kier molecular flexibility index (Phi) is 7.30. The highest BCUT2D eigenvalue weighted by atomic mass is 32.1. The highest BCUT2D eigenvalue weighted by Crippen LogP contribution is 2.48. The van der Waals surface area contributed by atoms with E-state index in [0.29, 0.717) is 0 Å². The van der Waals surface area contributed by atoms with Crippen LogP contribution in [0.3, 0.4) is 0 Å². The van der Waals surface area contributed by atoms with Crippen molar-refractivity contribution in [3.63, 3.8) is 0 Å². The molecular weight excluding hydrogens is 733 g/mol. The van der Waals surface area contributed by atoms with Gasteiger partial charge in [-0.3, -0.25) is 0 Å². The molecule has 57 heavy (non-hydrogen) atoms. The highest BCUT2D eigenvalue weighted by molar-refractivity contribution is 7.27. The molecule has 8 aromatic carbocycles. The number of nitrogens with zero attached hydrogens (tertiary/aromatic N) is 3. The Morgan fingerprint density at radius 3 is 1.82 bits per heavy atom.